The zero-order valence-corrected chi connectivity index (χ0v) is 33.2. The molecule has 0 aromatic rings. The molecule has 10 heteroatoms. The lowest BCUT2D eigenvalue weighted by Gasteiger charge is -2.28. The van der Waals surface area contributed by atoms with Gasteiger partial charge in [-0.05, 0) is 51.4 Å². The van der Waals surface area contributed by atoms with Crippen LogP contribution in [0.15, 0.2) is 48.6 Å². The van der Waals surface area contributed by atoms with Crippen molar-refractivity contribution in [1.29, 1.82) is 0 Å². The molecule has 0 N–H and O–H groups in total. The van der Waals surface area contributed by atoms with Gasteiger partial charge in [-0.3, -0.25) is 14.2 Å². The maximum atomic E-state index is 12.6. The molecule has 0 heterocycles. The fourth-order valence-corrected chi connectivity index (χ4v) is 5.55. The van der Waals surface area contributed by atoms with Crippen LogP contribution in [0.2, 0.25) is 0 Å². The summed E-state index contributed by atoms with van der Waals surface area (Å²) >= 11 is 0. The summed E-state index contributed by atoms with van der Waals surface area (Å²) in [4.78, 5) is 37.3. The standard InChI is InChI=1S/C40H72NO8P/c1-6-8-10-12-14-16-18-19-20-21-23-24-26-28-30-32-39(42)46-36-38(37-48-50(44,45)47-35-34-41(3,4)5)49-40(43)33-31-29-27-25-22-17-15-13-11-9-7-2/h8,10,14,16,19-20,23-24,38H,6-7,9,11-13,15,17-18,21-22,25-37H2,1-5H3/b10-8+,16-14+,20-19+,24-23+/t38-/m1/s1. The zero-order chi connectivity index (χ0) is 37.2. The number of phosphoric acid groups is 1. The van der Waals surface area contributed by atoms with Crippen LogP contribution in [0.5, 0.6) is 0 Å². The summed E-state index contributed by atoms with van der Waals surface area (Å²) in [6.45, 7) is 4.03. The molecule has 0 aliphatic rings. The molecule has 290 valence electrons. The van der Waals surface area contributed by atoms with Crippen molar-refractivity contribution in [3.05, 3.63) is 48.6 Å². The molecule has 0 aliphatic carbocycles. The summed E-state index contributed by atoms with van der Waals surface area (Å²) in [5.41, 5.74) is 0. The molecule has 0 amide bonds. The number of carbonyl (C=O) groups excluding carboxylic acids is 2. The van der Waals surface area contributed by atoms with Gasteiger partial charge < -0.3 is 27.9 Å². The van der Waals surface area contributed by atoms with E-state index in [1.165, 1.54) is 44.9 Å². The van der Waals surface area contributed by atoms with Crippen LogP contribution in [-0.2, 0) is 32.7 Å². The van der Waals surface area contributed by atoms with E-state index >= 15 is 0 Å². The smallest absolute Gasteiger partial charge is 0.306 e. The van der Waals surface area contributed by atoms with Crippen LogP contribution >= 0.6 is 7.82 Å². The number of likely N-dealkylation sites (N-methyl/N-ethyl adjacent to an activating group) is 1. The Balaban J connectivity index is 4.50. The highest BCUT2D eigenvalue weighted by atomic mass is 31.2. The zero-order valence-electron chi connectivity index (χ0n) is 32.3. The Morgan fingerprint density at radius 1 is 0.640 bits per heavy atom. The van der Waals surface area contributed by atoms with Gasteiger partial charge in [-0.1, -0.05) is 127 Å². The predicted octanol–water partition coefficient (Wildman–Crippen LogP) is 9.72. The first-order valence-corrected chi connectivity index (χ1v) is 20.8. The van der Waals surface area contributed by atoms with Gasteiger partial charge in [-0.15, -0.1) is 0 Å². The Hall–Kier alpha value is -2.03. The van der Waals surface area contributed by atoms with E-state index in [9.17, 15) is 19.0 Å². The SMILES string of the molecule is CC/C=C/C/C=C/C/C=C/C/C=C/CCCCC(=O)OC[C@H](COP(=O)([O-])OCC[N+](C)(C)C)OC(=O)CCCCCCCCCCCCC. The summed E-state index contributed by atoms with van der Waals surface area (Å²) < 4.78 is 33.7. The van der Waals surface area contributed by atoms with Crippen molar-refractivity contribution in [1.82, 2.24) is 0 Å². The molecule has 0 saturated carbocycles. The second-order valence-corrected chi connectivity index (χ2v) is 15.3. The number of nitrogens with zero attached hydrogens (tertiary/aromatic N) is 1. The Bertz CT molecular complexity index is 1000. The van der Waals surface area contributed by atoms with E-state index in [1.54, 1.807) is 0 Å². The number of quaternary nitrogens is 1. The Kier molecular flexibility index (Phi) is 31.5. The van der Waals surface area contributed by atoms with E-state index in [2.05, 4.69) is 62.5 Å². The highest BCUT2D eigenvalue weighted by Crippen LogP contribution is 2.38. The molecule has 0 spiro atoms. The molecule has 2 atom stereocenters. The van der Waals surface area contributed by atoms with Gasteiger partial charge in [-0.25, -0.2) is 0 Å². The van der Waals surface area contributed by atoms with Gasteiger partial charge >= 0.3 is 11.9 Å². The first kappa shape index (κ1) is 48.0. The fourth-order valence-electron chi connectivity index (χ4n) is 4.82. The van der Waals surface area contributed by atoms with E-state index in [-0.39, 0.29) is 26.1 Å². The lowest BCUT2D eigenvalue weighted by molar-refractivity contribution is -0.870. The Morgan fingerprint density at radius 3 is 1.70 bits per heavy atom. The lowest BCUT2D eigenvalue weighted by Crippen LogP contribution is -2.37. The summed E-state index contributed by atoms with van der Waals surface area (Å²) in [6.07, 6.45) is 35.7. The summed E-state index contributed by atoms with van der Waals surface area (Å²) in [6, 6.07) is 0. The summed E-state index contributed by atoms with van der Waals surface area (Å²) in [7, 11) is 1.14. The van der Waals surface area contributed by atoms with Crippen LogP contribution in [0.3, 0.4) is 0 Å². The van der Waals surface area contributed by atoms with Crippen molar-refractivity contribution >= 4 is 19.8 Å². The number of esters is 2. The van der Waals surface area contributed by atoms with Crippen molar-refractivity contribution in [2.75, 3.05) is 47.5 Å². The topological polar surface area (TPSA) is 111 Å². The van der Waals surface area contributed by atoms with E-state index in [0.29, 0.717) is 23.9 Å². The maximum absolute atomic E-state index is 12.6. The third-order valence-corrected chi connectivity index (χ3v) is 8.83. The number of ether oxygens (including phenoxy) is 2. The van der Waals surface area contributed by atoms with Crippen LogP contribution in [0.1, 0.15) is 142 Å². The average molecular weight is 726 g/mol. The molecular formula is C40H72NO8P. The highest BCUT2D eigenvalue weighted by Gasteiger charge is 2.21. The third kappa shape index (κ3) is 35.8. The van der Waals surface area contributed by atoms with Crippen molar-refractivity contribution in [3.8, 4) is 0 Å². The molecule has 0 fully saturated rings. The average Bonchev–Trinajstić information content (AvgIpc) is 3.06. The third-order valence-electron chi connectivity index (χ3n) is 7.86. The molecule has 0 aliphatic heterocycles. The van der Waals surface area contributed by atoms with Crippen molar-refractivity contribution in [2.24, 2.45) is 0 Å². The minimum atomic E-state index is -4.63. The largest absolute Gasteiger partial charge is 0.756 e. The van der Waals surface area contributed by atoms with Crippen molar-refractivity contribution < 1.29 is 42.1 Å². The monoisotopic (exact) mass is 725 g/mol. The number of phosphoric ester groups is 1. The normalized spacial score (nSPS) is 14.3. The number of hydrogen-bond donors (Lipinski definition) is 0. The van der Waals surface area contributed by atoms with Gasteiger partial charge in [0.15, 0.2) is 6.10 Å². The van der Waals surface area contributed by atoms with Gasteiger partial charge in [0.2, 0.25) is 0 Å². The number of allylic oxidation sites excluding steroid dienone is 8. The number of carbonyl (C=O) groups is 2. The Labute approximate surface area is 305 Å². The van der Waals surface area contributed by atoms with Crippen molar-refractivity contribution in [3.63, 3.8) is 0 Å². The highest BCUT2D eigenvalue weighted by molar-refractivity contribution is 7.45. The molecule has 0 bridgehead atoms. The lowest BCUT2D eigenvalue weighted by atomic mass is 10.1. The molecule has 9 nitrogen and oxygen atoms in total. The predicted molar refractivity (Wildman–Crippen MR) is 203 cm³/mol. The quantitative estimate of drug-likeness (QED) is 0.0212. The Morgan fingerprint density at radius 2 is 1.14 bits per heavy atom. The van der Waals surface area contributed by atoms with E-state index < -0.39 is 32.5 Å². The molecule has 50 heavy (non-hydrogen) atoms. The van der Waals surface area contributed by atoms with Gasteiger partial charge in [0.1, 0.15) is 19.8 Å². The molecule has 1 unspecified atom stereocenters. The van der Waals surface area contributed by atoms with E-state index in [4.69, 9.17) is 18.5 Å². The molecule has 0 aromatic carbocycles. The van der Waals surface area contributed by atoms with Crippen LogP contribution < -0.4 is 4.89 Å². The number of hydrogen-bond acceptors (Lipinski definition) is 8. The van der Waals surface area contributed by atoms with Crippen LogP contribution in [0.4, 0.5) is 0 Å². The molecular weight excluding hydrogens is 653 g/mol. The summed E-state index contributed by atoms with van der Waals surface area (Å²) in [5, 5.41) is 0. The second-order valence-electron chi connectivity index (χ2n) is 13.9. The second kappa shape index (κ2) is 32.8. The van der Waals surface area contributed by atoms with Crippen LogP contribution in [0, 0.1) is 0 Å². The van der Waals surface area contributed by atoms with Gasteiger partial charge in [0, 0.05) is 12.8 Å². The minimum Gasteiger partial charge on any atom is -0.756 e. The molecule has 0 saturated heterocycles. The van der Waals surface area contributed by atoms with Crippen LogP contribution in [0.25, 0.3) is 0 Å². The first-order chi connectivity index (χ1) is 24.0. The van der Waals surface area contributed by atoms with Gasteiger partial charge in [-0.2, -0.15) is 0 Å². The van der Waals surface area contributed by atoms with Gasteiger partial charge in [0.05, 0.1) is 27.7 Å². The van der Waals surface area contributed by atoms with E-state index in [1.807, 2.05) is 21.1 Å². The van der Waals surface area contributed by atoms with Gasteiger partial charge in [0.25, 0.3) is 7.82 Å². The number of unbranched alkanes of at least 4 members (excludes halogenated alkanes) is 12. The molecule has 0 radical (unpaired) electrons. The summed E-state index contributed by atoms with van der Waals surface area (Å²) in [5.74, 6) is -0.888. The van der Waals surface area contributed by atoms with Crippen molar-refractivity contribution in [2.45, 2.75) is 148 Å². The first-order valence-electron chi connectivity index (χ1n) is 19.3. The number of rotatable bonds is 34. The maximum Gasteiger partial charge on any atom is 0.306 e. The molecule has 0 aromatic heterocycles. The van der Waals surface area contributed by atoms with E-state index in [0.717, 1.165) is 57.8 Å². The fraction of sp³-hybridized carbons (Fsp3) is 0.750. The minimum absolute atomic E-state index is 0.0382. The van der Waals surface area contributed by atoms with Crippen LogP contribution in [-0.4, -0.2) is 70.0 Å². The molecule has 0 rings (SSSR count).